The van der Waals surface area contributed by atoms with Gasteiger partial charge in [-0.3, -0.25) is 0 Å². The summed E-state index contributed by atoms with van der Waals surface area (Å²) in [5.41, 5.74) is 2.36. The quantitative estimate of drug-likeness (QED) is 0.510. The highest BCUT2D eigenvalue weighted by Gasteiger charge is 2.01. The van der Waals surface area contributed by atoms with Crippen LogP contribution in [0.3, 0.4) is 0 Å². The maximum atomic E-state index is 5.87. The van der Waals surface area contributed by atoms with E-state index in [1.807, 2.05) is 12.1 Å². The van der Waals surface area contributed by atoms with Gasteiger partial charge in [-0.15, -0.1) is 0 Å². The predicted molar refractivity (Wildman–Crippen MR) is 109 cm³/mol. The first-order chi connectivity index (χ1) is 12.3. The number of para-hydroxylation sites is 1. The lowest BCUT2D eigenvalue weighted by Crippen LogP contribution is -2.24. The van der Waals surface area contributed by atoms with E-state index < -0.39 is 0 Å². The van der Waals surface area contributed by atoms with Gasteiger partial charge in [0.1, 0.15) is 5.75 Å². The lowest BCUT2D eigenvalue weighted by Gasteiger charge is -2.19. The van der Waals surface area contributed by atoms with Gasteiger partial charge in [-0.2, -0.15) is 0 Å². The Morgan fingerprint density at radius 1 is 0.920 bits per heavy atom. The van der Waals surface area contributed by atoms with Gasteiger partial charge in [-0.25, -0.2) is 0 Å². The summed E-state index contributed by atoms with van der Waals surface area (Å²) in [5.74, 6) is 0.955. The lowest BCUT2D eigenvalue weighted by atomic mass is 10.2. The maximum Gasteiger partial charge on any atom is 0.121 e. The normalized spacial score (nSPS) is 10.5. The summed E-state index contributed by atoms with van der Waals surface area (Å²) in [7, 11) is 2.12. The highest BCUT2D eigenvalue weighted by molar-refractivity contribution is 5.49. The Morgan fingerprint density at radius 2 is 1.72 bits per heavy atom. The number of nitrogens with one attached hydrogen (secondary N) is 1. The minimum Gasteiger partial charge on any atom is -0.494 e. The number of ether oxygens (including phenoxy) is 1. The van der Waals surface area contributed by atoms with Crippen molar-refractivity contribution in [3.8, 4) is 5.75 Å². The van der Waals surface area contributed by atoms with Gasteiger partial charge in [0.2, 0.25) is 0 Å². The van der Waals surface area contributed by atoms with Crippen molar-refractivity contribution in [2.24, 2.45) is 0 Å². The number of nitrogens with zero attached hydrogens (tertiary/aromatic N) is 1. The zero-order chi connectivity index (χ0) is 17.7. The fourth-order valence-electron chi connectivity index (χ4n) is 2.77. The van der Waals surface area contributed by atoms with Crippen molar-refractivity contribution in [1.29, 1.82) is 0 Å². The SMILES string of the molecule is CCCCCCCOc1cccc(NCCN(C)c2ccccc2)c1. The van der Waals surface area contributed by atoms with E-state index in [9.17, 15) is 0 Å². The van der Waals surface area contributed by atoms with Crippen LogP contribution in [0, 0.1) is 0 Å². The third kappa shape index (κ3) is 7.51. The Balaban J connectivity index is 1.68. The van der Waals surface area contributed by atoms with Gasteiger partial charge in [0.05, 0.1) is 6.61 Å². The monoisotopic (exact) mass is 340 g/mol. The molecule has 0 aliphatic rings. The smallest absolute Gasteiger partial charge is 0.121 e. The molecule has 2 aromatic carbocycles. The molecule has 0 bridgehead atoms. The first-order valence-corrected chi connectivity index (χ1v) is 9.52. The van der Waals surface area contributed by atoms with Gasteiger partial charge < -0.3 is 15.0 Å². The molecule has 2 aromatic rings. The molecule has 0 saturated carbocycles. The number of benzene rings is 2. The van der Waals surface area contributed by atoms with E-state index in [4.69, 9.17) is 4.74 Å². The first-order valence-electron chi connectivity index (χ1n) is 9.52. The van der Waals surface area contributed by atoms with Crippen LogP contribution >= 0.6 is 0 Å². The maximum absolute atomic E-state index is 5.87. The van der Waals surface area contributed by atoms with E-state index in [1.165, 1.54) is 31.4 Å². The zero-order valence-corrected chi connectivity index (χ0v) is 15.7. The van der Waals surface area contributed by atoms with E-state index in [2.05, 4.69) is 66.7 Å². The fourth-order valence-corrected chi connectivity index (χ4v) is 2.77. The van der Waals surface area contributed by atoms with E-state index in [0.29, 0.717) is 0 Å². The van der Waals surface area contributed by atoms with Crippen molar-refractivity contribution >= 4 is 11.4 Å². The largest absolute Gasteiger partial charge is 0.494 e. The van der Waals surface area contributed by atoms with Gasteiger partial charge in [0.25, 0.3) is 0 Å². The fraction of sp³-hybridized carbons (Fsp3) is 0.455. The van der Waals surface area contributed by atoms with Crippen LogP contribution in [0.25, 0.3) is 0 Å². The molecule has 0 aromatic heterocycles. The molecule has 0 fully saturated rings. The molecule has 0 amide bonds. The molecule has 0 unspecified atom stereocenters. The molecular weight excluding hydrogens is 308 g/mol. The average Bonchev–Trinajstić information content (AvgIpc) is 2.65. The molecule has 0 heterocycles. The molecule has 25 heavy (non-hydrogen) atoms. The van der Waals surface area contributed by atoms with Crippen LogP contribution in [0.2, 0.25) is 0 Å². The van der Waals surface area contributed by atoms with Gasteiger partial charge >= 0.3 is 0 Å². The third-order valence-electron chi connectivity index (χ3n) is 4.32. The number of unbranched alkanes of at least 4 members (excludes halogenated alkanes) is 4. The molecule has 1 N–H and O–H groups in total. The van der Waals surface area contributed by atoms with E-state index in [0.717, 1.165) is 37.6 Å². The van der Waals surface area contributed by atoms with Gasteiger partial charge in [-0.1, -0.05) is 56.9 Å². The summed E-state index contributed by atoms with van der Waals surface area (Å²) >= 11 is 0. The molecule has 0 atom stereocenters. The first kappa shape index (κ1) is 19.2. The molecule has 2 rings (SSSR count). The average molecular weight is 341 g/mol. The number of hydrogen-bond acceptors (Lipinski definition) is 3. The van der Waals surface area contributed by atoms with Crippen molar-refractivity contribution < 1.29 is 4.74 Å². The summed E-state index contributed by atoms with van der Waals surface area (Å²) in [6, 6.07) is 18.7. The molecule has 0 aliphatic heterocycles. The van der Waals surface area contributed by atoms with Gasteiger partial charge in [0, 0.05) is 37.6 Å². The molecule has 0 saturated heterocycles. The Labute approximate surface area is 153 Å². The predicted octanol–water partition coefficient (Wildman–Crippen LogP) is 5.58. The van der Waals surface area contributed by atoms with E-state index >= 15 is 0 Å². The minimum atomic E-state index is 0.809. The summed E-state index contributed by atoms with van der Waals surface area (Å²) in [5, 5.41) is 3.48. The molecule has 3 heteroatoms. The molecule has 0 spiro atoms. The van der Waals surface area contributed by atoms with Crippen LogP contribution in [-0.2, 0) is 0 Å². The number of hydrogen-bond donors (Lipinski definition) is 1. The second kappa shape index (κ2) is 11.4. The van der Waals surface area contributed by atoms with Crippen LogP contribution < -0.4 is 15.0 Å². The molecule has 136 valence electrons. The topological polar surface area (TPSA) is 24.5 Å². The zero-order valence-electron chi connectivity index (χ0n) is 15.7. The Kier molecular flexibility index (Phi) is 8.74. The second-order valence-electron chi connectivity index (χ2n) is 6.47. The standard InChI is InChI=1S/C22H32N2O/c1-3-4-5-6-10-18-25-22-15-11-12-20(19-22)23-16-17-24(2)21-13-8-7-9-14-21/h7-9,11-15,19,23H,3-6,10,16-18H2,1-2H3. The van der Waals surface area contributed by atoms with Crippen molar-refractivity contribution in [3.63, 3.8) is 0 Å². The Bertz CT molecular complexity index is 586. The van der Waals surface area contributed by atoms with Crippen molar-refractivity contribution in [3.05, 3.63) is 54.6 Å². The molecule has 3 nitrogen and oxygen atoms in total. The highest BCUT2D eigenvalue weighted by atomic mass is 16.5. The van der Waals surface area contributed by atoms with Gasteiger partial charge in [-0.05, 0) is 30.7 Å². The van der Waals surface area contributed by atoms with Crippen LogP contribution in [0.15, 0.2) is 54.6 Å². The summed E-state index contributed by atoms with van der Waals surface area (Å²) in [6.45, 7) is 4.90. The van der Waals surface area contributed by atoms with Crippen LogP contribution in [0.5, 0.6) is 5.75 Å². The highest BCUT2D eigenvalue weighted by Crippen LogP contribution is 2.18. The van der Waals surface area contributed by atoms with Crippen molar-refractivity contribution in [2.75, 3.05) is 37.0 Å². The van der Waals surface area contributed by atoms with Crippen LogP contribution in [0.1, 0.15) is 39.0 Å². The number of anilines is 2. The minimum absolute atomic E-state index is 0.809. The summed E-state index contributed by atoms with van der Waals surface area (Å²) in [4.78, 5) is 2.25. The molecule has 0 radical (unpaired) electrons. The molecule has 0 aliphatic carbocycles. The van der Waals surface area contributed by atoms with Crippen LogP contribution in [-0.4, -0.2) is 26.7 Å². The van der Waals surface area contributed by atoms with Crippen molar-refractivity contribution in [1.82, 2.24) is 0 Å². The summed E-state index contributed by atoms with van der Waals surface area (Å²) < 4.78 is 5.87. The van der Waals surface area contributed by atoms with E-state index in [-0.39, 0.29) is 0 Å². The van der Waals surface area contributed by atoms with Crippen molar-refractivity contribution in [2.45, 2.75) is 39.0 Å². The number of rotatable bonds is 12. The van der Waals surface area contributed by atoms with Gasteiger partial charge in [0.15, 0.2) is 0 Å². The van der Waals surface area contributed by atoms with E-state index in [1.54, 1.807) is 0 Å². The number of likely N-dealkylation sites (N-methyl/N-ethyl adjacent to an activating group) is 1. The molecular formula is C22H32N2O. The lowest BCUT2D eigenvalue weighted by molar-refractivity contribution is 0.304. The third-order valence-corrected chi connectivity index (χ3v) is 4.32. The summed E-state index contributed by atoms with van der Waals surface area (Å²) in [6.07, 6.45) is 6.33. The Morgan fingerprint density at radius 3 is 2.52 bits per heavy atom. The second-order valence-corrected chi connectivity index (χ2v) is 6.47. The Hall–Kier alpha value is -2.16. The van der Waals surface area contributed by atoms with Crippen LogP contribution in [0.4, 0.5) is 11.4 Å².